The van der Waals surface area contributed by atoms with E-state index in [1.807, 2.05) is 0 Å². The van der Waals surface area contributed by atoms with Crippen LogP contribution in [0.25, 0.3) is 0 Å². The van der Waals surface area contributed by atoms with Gasteiger partial charge in [0.25, 0.3) is 0 Å². The third-order valence-electron chi connectivity index (χ3n) is 2.07. The zero-order valence-corrected chi connectivity index (χ0v) is 11.8. The lowest BCUT2D eigenvalue weighted by Gasteiger charge is -2.22. The Morgan fingerprint density at radius 2 is 2.07 bits per heavy atom. The van der Waals surface area contributed by atoms with E-state index in [4.69, 9.17) is 0 Å². The maximum atomic E-state index is 11.4. The van der Waals surface area contributed by atoms with E-state index in [1.54, 1.807) is 13.8 Å². The van der Waals surface area contributed by atoms with Crippen LogP contribution in [0.4, 0.5) is 5.13 Å². The smallest absolute Gasteiger partial charge is 0.206 e. The van der Waals surface area contributed by atoms with Crippen LogP contribution in [0.3, 0.4) is 0 Å². The topological polar surface area (TPSA) is 72.0 Å². The number of hydrogen-bond donors (Lipinski definition) is 1. The van der Waals surface area contributed by atoms with Gasteiger partial charge < -0.3 is 5.32 Å². The van der Waals surface area contributed by atoms with Crippen molar-refractivity contribution in [2.45, 2.75) is 18.6 Å². The van der Waals surface area contributed by atoms with Crippen LogP contribution >= 0.6 is 27.3 Å². The molecule has 8 heteroatoms. The fourth-order valence-corrected chi connectivity index (χ4v) is 2.04. The largest absolute Gasteiger partial charge is 0.358 e. The number of sulfone groups is 1. The van der Waals surface area contributed by atoms with E-state index >= 15 is 0 Å². The Morgan fingerprint density at radius 3 is 2.47 bits per heavy atom. The summed E-state index contributed by atoms with van der Waals surface area (Å²) < 4.78 is 22.6. The quantitative estimate of drug-likeness (QED) is 0.912. The fourth-order valence-electron chi connectivity index (χ4n) is 0.696. The van der Waals surface area contributed by atoms with Gasteiger partial charge in [0.1, 0.15) is 0 Å². The summed E-state index contributed by atoms with van der Waals surface area (Å²) in [4.78, 5) is 0. The number of nitrogens with zero attached hydrogens (tertiary/aromatic N) is 2. The van der Waals surface area contributed by atoms with Gasteiger partial charge in [0.2, 0.25) is 5.13 Å². The second-order valence-corrected chi connectivity index (χ2v) is 8.65. The minimum atomic E-state index is -3.08. The van der Waals surface area contributed by atoms with Gasteiger partial charge in [0.15, 0.2) is 13.8 Å². The maximum Gasteiger partial charge on any atom is 0.206 e. The van der Waals surface area contributed by atoms with Crippen LogP contribution in [-0.4, -0.2) is 36.2 Å². The van der Waals surface area contributed by atoms with Crippen molar-refractivity contribution in [3.8, 4) is 0 Å². The standard InChI is InChI=1S/C7H12BrN3O2S2/c1-7(2,15(3,12)13)4-9-6-11-10-5(8)14-6/h4H2,1-3H3,(H,9,11). The second kappa shape index (κ2) is 4.34. The Hall–Kier alpha value is -0.210. The first-order valence-electron chi connectivity index (χ1n) is 4.15. The summed E-state index contributed by atoms with van der Waals surface area (Å²) in [6.45, 7) is 3.66. The second-order valence-electron chi connectivity index (χ2n) is 3.75. The molecule has 1 aromatic rings. The number of hydrogen-bond acceptors (Lipinski definition) is 6. The van der Waals surface area contributed by atoms with Crippen molar-refractivity contribution in [2.75, 3.05) is 18.1 Å². The van der Waals surface area contributed by atoms with Gasteiger partial charge in [-0.1, -0.05) is 11.3 Å². The summed E-state index contributed by atoms with van der Waals surface area (Å²) >= 11 is 4.51. The first-order chi connectivity index (χ1) is 6.72. The molecule has 0 aromatic carbocycles. The van der Waals surface area contributed by atoms with Crippen LogP contribution in [0.2, 0.25) is 0 Å². The van der Waals surface area contributed by atoms with Gasteiger partial charge >= 0.3 is 0 Å². The normalized spacial score (nSPS) is 12.8. The summed E-state index contributed by atoms with van der Waals surface area (Å²) in [6, 6.07) is 0. The third kappa shape index (κ3) is 3.39. The molecule has 0 aliphatic carbocycles. The molecule has 0 fully saturated rings. The monoisotopic (exact) mass is 313 g/mol. The zero-order chi connectivity index (χ0) is 11.7. The van der Waals surface area contributed by atoms with Crippen molar-refractivity contribution in [1.29, 1.82) is 0 Å². The zero-order valence-electron chi connectivity index (χ0n) is 8.61. The SMILES string of the molecule is CC(C)(CNc1nnc(Br)s1)S(C)(=O)=O. The number of nitrogens with one attached hydrogen (secondary N) is 1. The van der Waals surface area contributed by atoms with Gasteiger partial charge in [0.05, 0.1) is 4.75 Å². The number of halogens is 1. The van der Waals surface area contributed by atoms with Gasteiger partial charge in [-0.15, -0.1) is 10.2 Å². The molecule has 1 aromatic heterocycles. The molecule has 0 unspecified atom stereocenters. The van der Waals surface area contributed by atoms with E-state index in [9.17, 15) is 8.42 Å². The maximum absolute atomic E-state index is 11.4. The molecule has 5 nitrogen and oxygen atoms in total. The minimum absolute atomic E-state index is 0.313. The summed E-state index contributed by atoms with van der Waals surface area (Å²) in [6.07, 6.45) is 1.23. The molecule has 0 amide bonds. The van der Waals surface area contributed by atoms with E-state index in [-0.39, 0.29) is 0 Å². The van der Waals surface area contributed by atoms with Crippen molar-refractivity contribution < 1.29 is 8.42 Å². The molecule has 1 rings (SSSR count). The predicted octanol–water partition coefficient (Wildman–Crippen LogP) is 1.54. The highest BCUT2D eigenvalue weighted by Crippen LogP contribution is 2.22. The first kappa shape index (κ1) is 12.9. The number of aromatic nitrogens is 2. The van der Waals surface area contributed by atoms with Gasteiger partial charge in [-0.3, -0.25) is 0 Å². The molecule has 0 radical (unpaired) electrons. The molecule has 1 N–H and O–H groups in total. The third-order valence-corrected chi connectivity index (χ3v) is 5.53. The Labute approximate surface area is 101 Å². The summed E-state index contributed by atoms with van der Waals surface area (Å²) in [5.41, 5.74) is 0. The van der Waals surface area contributed by atoms with Crippen LogP contribution < -0.4 is 5.32 Å². The predicted molar refractivity (Wildman–Crippen MR) is 65.0 cm³/mol. The Kier molecular flexibility index (Phi) is 3.72. The number of rotatable bonds is 4. The molecule has 0 spiro atoms. The number of anilines is 1. The molecule has 86 valence electrons. The van der Waals surface area contributed by atoms with Gasteiger partial charge in [-0.25, -0.2) is 8.42 Å². The van der Waals surface area contributed by atoms with Crippen LogP contribution in [-0.2, 0) is 9.84 Å². The molecule has 0 aliphatic heterocycles. The molecule has 15 heavy (non-hydrogen) atoms. The van der Waals surface area contributed by atoms with Gasteiger partial charge in [-0.2, -0.15) is 0 Å². The van der Waals surface area contributed by atoms with Crippen LogP contribution in [0.15, 0.2) is 3.92 Å². The van der Waals surface area contributed by atoms with E-state index in [1.165, 1.54) is 17.6 Å². The first-order valence-corrected chi connectivity index (χ1v) is 7.65. The lowest BCUT2D eigenvalue weighted by molar-refractivity contribution is 0.560. The Balaban J connectivity index is 2.65. The van der Waals surface area contributed by atoms with E-state index in [0.29, 0.717) is 15.6 Å². The average Bonchev–Trinajstić information content (AvgIpc) is 2.46. The molecular weight excluding hydrogens is 302 g/mol. The van der Waals surface area contributed by atoms with Gasteiger partial charge in [-0.05, 0) is 29.8 Å². The highest BCUT2D eigenvalue weighted by atomic mass is 79.9. The van der Waals surface area contributed by atoms with E-state index in [2.05, 4.69) is 31.4 Å². The van der Waals surface area contributed by atoms with Crippen molar-refractivity contribution in [3.63, 3.8) is 0 Å². The minimum Gasteiger partial charge on any atom is -0.358 e. The van der Waals surface area contributed by atoms with E-state index < -0.39 is 14.6 Å². The molecule has 0 bridgehead atoms. The van der Waals surface area contributed by atoms with Crippen molar-refractivity contribution in [1.82, 2.24) is 10.2 Å². The van der Waals surface area contributed by atoms with E-state index in [0.717, 1.165) is 0 Å². The molecule has 0 saturated carbocycles. The van der Waals surface area contributed by atoms with Crippen molar-refractivity contribution >= 4 is 42.2 Å². The Morgan fingerprint density at radius 1 is 1.47 bits per heavy atom. The van der Waals surface area contributed by atoms with Crippen molar-refractivity contribution in [2.24, 2.45) is 0 Å². The average molecular weight is 314 g/mol. The fraction of sp³-hybridized carbons (Fsp3) is 0.714. The summed E-state index contributed by atoms with van der Waals surface area (Å²) in [7, 11) is -3.08. The highest BCUT2D eigenvalue weighted by molar-refractivity contribution is 9.11. The highest BCUT2D eigenvalue weighted by Gasteiger charge is 2.30. The molecule has 0 saturated heterocycles. The lowest BCUT2D eigenvalue weighted by atomic mass is 10.2. The summed E-state index contributed by atoms with van der Waals surface area (Å²) in [5, 5.41) is 11.1. The lowest BCUT2D eigenvalue weighted by Crippen LogP contribution is -2.38. The van der Waals surface area contributed by atoms with Crippen LogP contribution in [0, 0.1) is 0 Å². The Bertz CT molecular complexity index is 441. The summed E-state index contributed by atoms with van der Waals surface area (Å²) in [5.74, 6) is 0. The molecular formula is C7H12BrN3O2S2. The van der Waals surface area contributed by atoms with Crippen LogP contribution in [0.1, 0.15) is 13.8 Å². The molecule has 0 aliphatic rings. The van der Waals surface area contributed by atoms with Crippen molar-refractivity contribution in [3.05, 3.63) is 3.92 Å². The van der Waals surface area contributed by atoms with Gasteiger partial charge in [0, 0.05) is 12.8 Å². The molecule has 0 atom stereocenters. The molecule has 1 heterocycles. The van der Waals surface area contributed by atoms with Crippen LogP contribution in [0.5, 0.6) is 0 Å².